The van der Waals surface area contributed by atoms with Crippen LogP contribution >= 0.6 is 11.6 Å². The number of nitrogens with one attached hydrogen (secondary N) is 1. The quantitative estimate of drug-likeness (QED) is 0.849. The molecule has 1 aliphatic heterocycles. The fourth-order valence-electron chi connectivity index (χ4n) is 3.52. The summed E-state index contributed by atoms with van der Waals surface area (Å²) in [6, 6.07) is 4.90. The minimum absolute atomic E-state index is 0.0701. The van der Waals surface area contributed by atoms with Crippen LogP contribution in [0.3, 0.4) is 0 Å². The van der Waals surface area contributed by atoms with Crippen molar-refractivity contribution in [1.29, 1.82) is 0 Å². The van der Waals surface area contributed by atoms with Crippen LogP contribution in [-0.2, 0) is 4.74 Å². The summed E-state index contributed by atoms with van der Waals surface area (Å²) in [7, 11) is 0. The molecule has 1 atom stereocenters. The standard InChI is InChI=1S/C16H21ClFNO/c17-14-10-12(18)4-5-15(14)19-13-6-9-20-16(11-13)7-2-1-3-8-16/h4-5,10,13,19H,1-3,6-9,11H2. The molecular weight excluding hydrogens is 277 g/mol. The van der Waals surface area contributed by atoms with Crippen molar-refractivity contribution in [1.82, 2.24) is 0 Å². The maximum atomic E-state index is 13.1. The molecule has 1 heterocycles. The van der Waals surface area contributed by atoms with Gasteiger partial charge in [0.1, 0.15) is 5.82 Å². The fraction of sp³-hybridized carbons (Fsp3) is 0.625. The molecule has 3 rings (SSSR count). The summed E-state index contributed by atoms with van der Waals surface area (Å²) >= 11 is 6.09. The Labute approximate surface area is 124 Å². The van der Waals surface area contributed by atoms with Gasteiger partial charge in [-0.2, -0.15) is 0 Å². The predicted molar refractivity (Wildman–Crippen MR) is 79.8 cm³/mol. The van der Waals surface area contributed by atoms with Gasteiger partial charge in [0.25, 0.3) is 0 Å². The van der Waals surface area contributed by atoms with Crippen LogP contribution in [0.1, 0.15) is 44.9 Å². The van der Waals surface area contributed by atoms with Crippen LogP contribution in [0.2, 0.25) is 5.02 Å². The lowest BCUT2D eigenvalue weighted by molar-refractivity contribution is -0.103. The lowest BCUT2D eigenvalue weighted by atomic mass is 9.78. The Bertz CT molecular complexity index is 468. The van der Waals surface area contributed by atoms with Gasteiger partial charge in [0.15, 0.2) is 0 Å². The van der Waals surface area contributed by atoms with Crippen LogP contribution in [-0.4, -0.2) is 18.2 Å². The molecule has 4 heteroatoms. The molecule has 1 spiro atoms. The molecule has 0 bridgehead atoms. The van der Waals surface area contributed by atoms with Gasteiger partial charge < -0.3 is 10.1 Å². The number of halogens is 2. The summed E-state index contributed by atoms with van der Waals surface area (Å²) < 4.78 is 19.2. The first-order chi connectivity index (χ1) is 9.67. The third-order valence-electron chi connectivity index (χ3n) is 4.55. The van der Waals surface area contributed by atoms with E-state index in [-0.39, 0.29) is 11.4 Å². The van der Waals surface area contributed by atoms with E-state index in [4.69, 9.17) is 16.3 Å². The van der Waals surface area contributed by atoms with Crippen molar-refractivity contribution in [3.8, 4) is 0 Å². The zero-order valence-corrected chi connectivity index (χ0v) is 12.4. The van der Waals surface area contributed by atoms with Gasteiger partial charge in [-0.3, -0.25) is 0 Å². The highest BCUT2D eigenvalue weighted by Gasteiger charge is 2.38. The second-order valence-corrected chi connectivity index (χ2v) is 6.46. The molecule has 20 heavy (non-hydrogen) atoms. The first-order valence-electron chi connectivity index (χ1n) is 7.52. The van der Waals surface area contributed by atoms with Crippen molar-refractivity contribution in [2.45, 2.75) is 56.6 Å². The molecule has 0 aromatic heterocycles. The molecule has 2 fully saturated rings. The number of rotatable bonds is 2. The predicted octanol–water partition coefficient (Wildman–Crippen LogP) is 4.77. The smallest absolute Gasteiger partial charge is 0.124 e. The molecule has 1 aromatic rings. The highest BCUT2D eigenvalue weighted by molar-refractivity contribution is 6.33. The Morgan fingerprint density at radius 1 is 1.25 bits per heavy atom. The van der Waals surface area contributed by atoms with E-state index in [1.165, 1.54) is 44.2 Å². The average Bonchev–Trinajstić information content (AvgIpc) is 2.43. The van der Waals surface area contributed by atoms with Crippen LogP contribution < -0.4 is 5.32 Å². The minimum Gasteiger partial charge on any atom is -0.381 e. The molecule has 2 nitrogen and oxygen atoms in total. The number of benzene rings is 1. The maximum Gasteiger partial charge on any atom is 0.124 e. The number of hydrogen-bond acceptors (Lipinski definition) is 2. The second-order valence-electron chi connectivity index (χ2n) is 6.05. The molecule has 2 aliphatic rings. The van der Waals surface area contributed by atoms with E-state index in [9.17, 15) is 4.39 Å². The van der Waals surface area contributed by atoms with Crippen LogP contribution in [0.25, 0.3) is 0 Å². The first kappa shape index (κ1) is 14.2. The summed E-state index contributed by atoms with van der Waals surface area (Å²) in [4.78, 5) is 0. The average molecular weight is 298 g/mol. The molecule has 0 radical (unpaired) electrons. The topological polar surface area (TPSA) is 21.3 Å². The molecular formula is C16H21ClFNO. The van der Waals surface area contributed by atoms with E-state index >= 15 is 0 Å². The van der Waals surface area contributed by atoms with E-state index in [1.54, 1.807) is 6.07 Å². The Kier molecular flexibility index (Phi) is 4.18. The maximum absolute atomic E-state index is 13.1. The lowest BCUT2D eigenvalue weighted by Gasteiger charge is -2.44. The molecule has 0 amide bonds. The number of hydrogen-bond donors (Lipinski definition) is 1. The van der Waals surface area contributed by atoms with Crippen molar-refractivity contribution in [3.05, 3.63) is 29.0 Å². The van der Waals surface area contributed by atoms with Crippen molar-refractivity contribution in [2.24, 2.45) is 0 Å². The molecule has 1 aliphatic carbocycles. The Morgan fingerprint density at radius 3 is 2.80 bits per heavy atom. The Hall–Kier alpha value is -0.800. The highest BCUT2D eigenvalue weighted by atomic mass is 35.5. The van der Waals surface area contributed by atoms with Gasteiger partial charge in [-0.05, 0) is 43.9 Å². The summed E-state index contributed by atoms with van der Waals surface area (Å²) in [6.07, 6.45) is 8.21. The first-order valence-corrected chi connectivity index (χ1v) is 7.90. The van der Waals surface area contributed by atoms with Gasteiger partial charge in [-0.25, -0.2) is 4.39 Å². The van der Waals surface area contributed by atoms with Crippen molar-refractivity contribution < 1.29 is 9.13 Å². The zero-order valence-electron chi connectivity index (χ0n) is 11.6. The van der Waals surface area contributed by atoms with Crippen LogP contribution in [0.4, 0.5) is 10.1 Å². The zero-order chi connectivity index (χ0) is 14.0. The van der Waals surface area contributed by atoms with Gasteiger partial charge in [-0.1, -0.05) is 30.9 Å². The largest absolute Gasteiger partial charge is 0.381 e. The summed E-state index contributed by atoms with van der Waals surface area (Å²) in [5, 5.41) is 3.92. The normalized spacial score (nSPS) is 25.6. The summed E-state index contributed by atoms with van der Waals surface area (Å²) in [6.45, 7) is 0.802. The van der Waals surface area contributed by atoms with Crippen LogP contribution in [0.15, 0.2) is 18.2 Å². The Morgan fingerprint density at radius 2 is 2.05 bits per heavy atom. The van der Waals surface area contributed by atoms with Gasteiger partial charge in [0.05, 0.1) is 16.3 Å². The number of anilines is 1. The van der Waals surface area contributed by atoms with E-state index in [0.29, 0.717) is 11.1 Å². The molecule has 1 aromatic carbocycles. The molecule has 1 saturated carbocycles. The number of ether oxygens (including phenoxy) is 1. The SMILES string of the molecule is Fc1ccc(NC2CCOC3(CCCCC3)C2)c(Cl)c1. The third-order valence-corrected chi connectivity index (χ3v) is 4.86. The molecule has 1 N–H and O–H groups in total. The van der Waals surface area contributed by atoms with E-state index in [1.807, 2.05) is 0 Å². The monoisotopic (exact) mass is 297 g/mol. The summed E-state index contributed by atoms with van der Waals surface area (Å²) in [5.74, 6) is -0.295. The van der Waals surface area contributed by atoms with Crippen molar-refractivity contribution in [3.63, 3.8) is 0 Å². The lowest BCUT2D eigenvalue weighted by Crippen LogP contribution is -2.45. The summed E-state index contributed by atoms with van der Waals surface area (Å²) in [5.41, 5.74) is 0.895. The van der Waals surface area contributed by atoms with Gasteiger partial charge in [0, 0.05) is 12.6 Å². The highest BCUT2D eigenvalue weighted by Crippen LogP contribution is 2.39. The van der Waals surface area contributed by atoms with Gasteiger partial charge >= 0.3 is 0 Å². The molecule has 110 valence electrons. The van der Waals surface area contributed by atoms with Crippen LogP contribution in [0.5, 0.6) is 0 Å². The van der Waals surface area contributed by atoms with E-state index < -0.39 is 0 Å². The second kappa shape index (κ2) is 5.90. The Balaban J connectivity index is 1.68. The van der Waals surface area contributed by atoms with E-state index in [0.717, 1.165) is 25.1 Å². The van der Waals surface area contributed by atoms with Crippen molar-refractivity contribution in [2.75, 3.05) is 11.9 Å². The van der Waals surface area contributed by atoms with Crippen molar-refractivity contribution >= 4 is 17.3 Å². The van der Waals surface area contributed by atoms with Gasteiger partial charge in [0.2, 0.25) is 0 Å². The van der Waals surface area contributed by atoms with Gasteiger partial charge in [-0.15, -0.1) is 0 Å². The minimum atomic E-state index is -0.295. The third kappa shape index (κ3) is 3.09. The van der Waals surface area contributed by atoms with E-state index in [2.05, 4.69) is 5.32 Å². The molecule has 1 saturated heterocycles. The fourth-order valence-corrected chi connectivity index (χ4v) is 3.74. The van der Waals surface area contributed by atoms with Crippen LogP contribution in [0, 0.1) is 5.82 Å². The molecule has 1 unspecified atom stereocenters.